The topological polar surface area (TPSA) is 87.1 Å². The van der Waals surface area contributed by atoms with Gasteiger partial charge in [-0.25, -0.2) is 0 Å². The molecular weight excluding hydrogens is 358 g/mol. The third kappa shape index (κ3) is 4.49. The number of ether oxygens (including phenoxy) is 1. The van der Waals surface area contributed by atoms with E-state index < -0.39 is 17.5 Å². The number of aliphatic carboxylic acids is 1. The Morgan fingerprint density at radius 2 is 1.96 bits per heavy atom. The predicted molar refractivity (Wildman–Crippen MR) is 105 cm³/mol. The minimum Gasteiger partial charge on any atom is -0.497 e. The maximum Gasteiger partial charge on any atom is 0.314 e. The first-order chi connectivity index (χ1) is 13.4. The normalized spacial score (nSPS) is 26.1. The standard InChI is InChI=1S/C22H31NO5/c1-28-18-9-5-8-17(12-18)14-22(21(26)27)15-23(11-10-19(22)24)20(25)13-16-6-3-2-4-7-16/h5,8-9,12,16,19,24H,2-4,6-7,10-11,13-15H2,1H3,(H,26,27)/t19-,22+/m0/s1. The number of carboxylic acid groups (broad SMARTS) is 1. The minimum absolute atomic E-state index is 0.0232. The summed E-state index contributed by atoms with van der Waals surface area (Å²) in [4.78, 5) is 26.8. The lowest BCUT2D eigenvalue weighted by molar-refractivity contribution is -0.166. The van der Waals surface area contributed by atoms with E-state index in [2.05, 4.69) is 0 Å². The van der Waals surface area contributed by atoms with Gasteiger partial charge in [0.1, 0.15) is 11.2 Å². The lowest BCUT2D eigenvalue weighted by Crippen LogP contribution is -2.58. The Kier molecular flexibility index (Phi) is 6.60. The number of hydrogen-bond acceptors (Lipinski definition) is 4. The molecule has 0 unspecified atom stereocenters. The molecule has 6 nitrogen and oxygen atoms in total. The summed E-state index contributed by atoms with van der Waals surface area (Å²) >= 11 is 0. The SMILES string of the molecule is COc1cccc(C[C@@]2(C(=O)O)CN(C(=O)CC3CCCCC3)CC[C@@H]2O)c1. The summed E-state index contributed by atoms with van der Waals surface area (Å²) in [6.07, 6.45) is 5.69. The lowest BCUT2D eigenvalue weighted by atomic mass is 9.72. The minimum atomic E-state index is -1.40. The van der Waals surface area contributed by atoms with Crippen molar-refractivity contribution < 1.29 is 24.5 Å². The van der Waals surface area contributed by atoms with Gasteiger partial charge in [-0.2, -0.15) is 0 Å². The summed E-state index contributed by atoms with van der Waals surface area (Å²) in [7, 11) is 1.56. The van der Waals surface area contributed by atoms with Crippen molar-refractivity contribution >= 4 is 11.9 Å². The van der Waals surface area contributed by atoms with Gasteiger partial charge in [0.2, 0.25) is 5.91 Å². The van der Waals surface area contributed by atoms with E-state index in [1.165, 1.54) is 19.3 Å². The Labute approximate surface area is 166 Å². The molecule has 2 N–H and O–H groups in total. The summed E-state index contributed by atoms with van der Waals surface area (Å²) < 4.78 is 5.23. The zero-order valence-corrected chi connectivity index (χ0v) is 16.6. The van der Waals surface area contributed by atoms with Gasteiger partial charge in [0, 0.05) is 19.5 Å². The third-order valence-electron chi connectivity index (χ3n) is 6.40. The first-order valence-corrected chi connectivity index (χ1v) is 10.3. The molecule has 0 aromatic heterocycles. The highest BCUT2D eigenvalue weighted by molar-refractivity contribution is 5.80. The number of hydrogen-bond donors (Lipinski definition) is 2. The van der Waals surface area contributed by atoms with Crippen molar-refractivity contribution in [3.05, 3.63) is 29.8 Å². The van der Waals surface area contributed by atoms with E-state index in [0.29, 0.717) is 24.6 Å². The predicted octanol–water partition coefficient (Wildman–Crippen LogP) is 2.87. The van der Waals surface area contributed by atoms with E-state index in [9.17, 15) is 19.8 Å². The average molecular weight is 389 g/mol. The first-order valence-electron chi connectivity index (χ1n) is 10.3. The number of aliphatic hydroxyl groups is 1. The van der Waals surface area contributed by atoms with Crippen molar-refractivity contribution in [2.45, 2.75) is 57.5 Å². The van der Waals surface area contributed by atoms with Crippen molar-refractivity contribution in [3.8, 4) is 5.75 Å². The molecule has 2 fully saturated rings. The van der Waals surface area contributed by atoms with Gasteiger partial charge in [-0.3, -0.25) is 9.59 Å². The number of carbonyl (C=O) groups is 2. The van der Waals surface area contributed by atoms with E-state index in [-0.39, 0.29) is 25.3 Å². The molecule has 1 saturated heterocycles. The summed E-state index contributed by atoms with van der Waals surface area (Å²) in [5, 5.41) is 20.7. The molecule has 2 aliphatic rings. The molecule has 1 aromatic rings. The zero-order valence-electron chi connectivity index (χ0n) is 16.6. The number of methoxy groups -OCH3 is 1. The van der Waals surface area contributed by atoms with Gasteiger partial charge in [-0.05, 0) is 49.3 Å². The van der Waals surface area contributed by atoms with Gasteiger partial charge >= 0.3 is 5.97 Å². The smallest absolute Gasteiger partial charge is 0.314 e. The van der Waals surface area contributed by atoms with Crippen molar-refractivity contribution in [1.82, 2.24) is 4.90 Å². The molecular formula is C22H31NO5. The number of likely N-dealkylation sites (tertiary alicyclic amines) is 1. The Hall–Kier alpha value is -2.08. The fourth-order valence-corrected chi connectivity index (χ4v) is 4.67. The Bertz CT molecular complexity index is 700. The van der Waals surface area contributed by atoms with Gasteiger partial charge < -0.3 is 19.8 Å². The fourth-order valence-electron chi connectivity index (χ4n) is 4.67. The maximum atomic E-state index is 12.9. The third-order valence-corrected chi connectivity index (χ3v) is 6.40. The van der Waals surface area contributed by atoms with Gasteiger partial charge in [-0.15, -0.1) is 0 Å². The van der Waals surface area contributed by atoms with Crippen molar-refractivity contribution in [2.24, 2.45) is 11.3 Å². The van der Waals surface area contributed by atoms with Crippen LogP contribution >= 0.6 is 0 Å². The highest BCUT2D eigenvalue weighted by atomic mass is 16.5. The highest BCUT2D eigenvalue weighted by Gasteiger charge is 2.50. The second-order valence-corrected chi connectivity index (χ2v) is 8.32. The molecule has 1 aliphatic heterocycles. The number of aliphatic hydroxyl groups excluding tert-OH is 1. The fraction of sp³-hybridized carbons (Fsp3) is 0.636. The van der Waals surface area contributed by atoms with Crippen LogP contribution in [0.2, 0.25) is 0 Å². The number of rotatable bonds is 6. The first kappa shape index (κ1) is 20.6. The molecule has 154 valence electrons. The second kappa shape index (κ2) is 8.95. The molecule has 0 bridgehead atoms. The number of piperidine rings is 1. The summed E-state index contributed by atoms with van der Waals surface area (Å²) in [6, 6.07) is 7.24. The van der Waals surface area contributed by atoms with Gasteiger partial charge in [0.25, 0.3) is 0 Å². The van der Waals surface area contributed by atoms with Gasteiger partial charge in [0.05, 0.1) is 13.2 Å². The quantitative estimate of drug-likeness (QED) is 0.781. The van der Waals surface area contributed by atoms with Gasteiger partial charge in [0.15, 0.2) is 0 Å². The van der Waals surface area contributed by atoms with Crippen LogP contribution in [0, 0.1) is 11.3 Å². The van der Waals surface area contributed by atoms with Crippen LogP contribution in [0.4, 0.5) is 0 Å². The largest absolute Gasteiger partial charge is 0.497 e. The summed E-state index contributed by atoms with van der Waals surface area (Å²) in [5.41, 5.74) is -0.616. The molecule has 1 aliphatic carbocycles. The second-order valence-electron chi connectivity index (χ2n) is 8.32. The van der Waals surface area contributed by atoms with E-state index in [1.54, 1.807) is 24.1 Å². The molecule has 0 radical (unpaired) electrons. The van der Waals surface area contributed by atoms with E-state index in [4.69, 9.17) is 4.74 Å². The molecule has 1 heterocycles. The molecule has 2 atom stereocenters. The molecule has 1 aromatic carbocycles. The van der Waals surface area contributed by atoms with Crippen LogP contribution in [-0.2, 0) is 16.0 Å². The van der Waals surface area contributed by atoms with Crippen LogP contribution in [0.1, 0.15) is 50.5 Å². The summed E-state index contributed by atoms with van der Waals surface area (Å²) in [5.74, 6) is 0.0207. The molecule has 1 amide bonds. The van der Waals surface area contributed by atoms with E-state index in [1.807, 2.05) is 12.1 Å². The Balaban J connectivity index is 1.76. The molecule has 6 heteroatoms. The van der Waals surface area contributed by atoms with E-state index >= 15 is 0 Å². The van der Waals surface area contributed by atoms with Crippen molar-refractivity contribution in [3.63, 3.8) is 0 Å². The molecule has 1 saturated carbocycles. The lowest BCUT2D eigenvalue weighted by Gasteiger charge is -2.44. The van der Waals surface area contributed by atoms with Crippen molar-refractivity contribution in [2.75, 3.05) is 20.2 Å². The number of nitrogens with zero attached hydrogens (tertiary/aromatic N) is 1. The number of amides is 1. The number of carbonyl (C=O) groups excluding carboxylic acids is 1. The van der Waals surface area contributed by atoms with Crippen LogP contribution in [0.3, 0.4) is 0 Å². The highest BCUT2D eigenvalue weighted by Crippen LogP contribution is 2.36. The monoisotopic (exact) mass is 389 g/mol. The Morgan fingerprint density at radius 1 is 1.21 bits per heavy atom. The molecule has 3 rings (SSSR count). The number of benzene rings is 1. The summed E-state index contributed by atoms with van der Waals surface area (Å²) in [6.45, 7) is 0.464. The van der Waals surface area contributed by atoms with Crippen LogP contribution in [-0.4, -0.2) is 53.3 Å². The van der Waals surface area contributed by atoms with Gasteiger partial charge in [-0.1, -0.05) is 31.4 Å². The van der Waals surface area contributed by atoms with Crippen LogP contribution in [0.15, 0.2) is 24.3 Å². The van der Waals surface area contributed by atoms with E-state index in [0.717, 1.165) is 18.4 Å². The Morgan fingerprint density at radius 3 is 2.64 bits per heavy atom. The van der Waals surface area contributed by atoms with Crippen LogP contribution < -0.4 is 4.74 Å². The molecule has 0 spiro atoms. The maximum absolute atomic E-state index is 12.9. The zero-order chi connectivity index (χ0) is 20.1. The van der Waals surface area contributed by atoms with Crippen LogP contribution in [0.25, 0.3) is 0 Å². The molecule has 28 heavy (non-hydrogen) atoms. The average Bonchev–Trinajstić information content (AvgIpc) is 2.70. The number of carboxylic acids is 1. The van der Waals surface area contributed by atoms with Crippen LogP contribution in [0.5, 0.6) is 5.75 Å². The van der Waals surface area contributed by atoms with Crippen molar-refractivity contribution in [1.29, 1.82) is 0 Å².